The summed E-state index contributed by atoms with van der Waals surface area (Å²) in [5.41, 5.74) is 5.37. The van der Waals surface area contributed by atoms with Gasteiger partial charge in [0.25, 0.3) is 5.91 Å². The minimum absolute atomic E-state index is 0.190. The van der Waals surface area contributed by atoms with Gasteiger partial charge in [0.1, 0.15) is 11.5 Å². The van der Waals surface area contributed by atoms with Crippen LogP contribution < -0.4 is 14.9 Å². The predicted octanol–water partition coefficient (Wildman–Crippen LogP) is 6.67. The van der Waals surface area contributed by atoms with Crippen LogP contribution >= 0.6 is 11.6 Å². The maximum absolute atomic E-state index is 12.8. The molecule has 0 aliphatic heterocycles. The molecule has 0 radical (unpaired) electrons. The van der Waals surface area contributed by atoms with E-state index in [4.69, 9.17) is 21.1 Å². The fourth-order valence-electron chi connectivity index (χ4n) is 3.87. The Morgan fingerprint density at radius 2 is 1.73 bits per heavy atom. The SMILES string of the molecule is Cc1ccc(C(C)C)c(OCC(=O)N/N=C/c2c(OC(=O)c3ccccc3Cl)ccc3ccccc23)c1. The first kappa shape index (κ1) is 25.9. The van der Waals surface area contributed by atoms with Crippen LogP contribution in [0.15, 0.2) is 84.0 Å². The molecule has 0 unspecified atom stereocenters. The Morgan fingerprint density at radius 3 is 2.51 bits per heavy atom. The molecule has 188 valence electrons. The van der Waals surface area contributed by atoms with Gasteiger partial charge in [-0.3, -0.25) is 4.79 Å². The minimum atomic E-state index is -0.591. The second-order valence-corrected chi connectivity index (χ2v) is 9.25. The number of fused-ring (bicyclic) bond motifs is 1. The number of esters is 1. The molecule has 0 bridgehead atoms. The zero-order valence-corrected chi connectivity index (χ0v) is 21.6. The Kier molecular flexibility index (Phi) is 8.21. The highest BCUT2D eigenvalue weighted by Gasteiger charge is 2.16. The van der Waals surface area contributed by atoms with E-state index in [1.807, 2.05) is 55.5 Å². The summed E-state index contributed by atoms with van der Waals surface area (Å²) in [6.07, 6.45) is 1.46. The van der Waals surface area contributed by atoms with E-state index >= 15 is 0 Å². The number of hydrazone groups is 1. The molecular weight excluding hydrogens is 488 g/mol. The Labute approximate surface area is 220 Å². The number of aryl methyl sites for hydroxylation is 1. The highest BCUT2D eigenvalue weighted by Crippen LogP contribution is 2.29. The molecule has 0 atom stereocenters. The molecule has 0 spiro atoms. The lowest BCUT2D eigenvalue weighted by Gasteiger charge is -2.14. The molecule has 0 aromatic heterocycles. The number of carbonyl (C=O) groups excluding carboxylic acids is 2. The van der Waals surface area contributed by atoms with Gasteiger partial charge in [-0.1, -0.05) is 80.0 Å². The van der Waals surface area contributed by atoms with Crippen molar-refractivity contribution in [1.29, 1.82) is 0 Å². The van der Waals surface area contributed by atoms with Crippen molar-refractivity contribution in [2.75, 3.05) is 6.61 Å². The summed E-state index contributed by atoms with van der Waals surface area (Å²) in [4.78, 5) is 25.3. The number of nitrogens with one attached hydrogen (secondary N) is 1. The smallest absolute Gasteiger partial charge is 0.345 e. The maximum Gasteiger partial charge on any atom is 0.345 e. The summed E-state index contributed by atoms with van der Waals surface area (Å²) >= 11 is 6.16. The summed E-state index contributed by atoms with van der Waals surface area (Å²) in [5.74, 6) is 0.223. The topological polar surface area (TPSA) is 77.0 Å². The number of halogens is 1. The van der Waals surface area contributed by atoms with Crippen LogP contribution in [0.5, 0.6) is 11.5 Å². The van der Waals surface area contributed by atoms with E-state index in [0.29, 0.717) is 22.1 Å². The molecule has 1 amide bonds. The second-order valence-electron chi connectivity index (χ2n) is 8.85. The number of hydrogen-bond acceptors (Lipinski definition) is 5. The number of nitrogens with zero attached hydrogens (tertiary/aromatic N) is 1. The van der Waals surface area contributed by atoms with Crippen LogP contribution in [0, 0.1) is 6.92 Å². The monoisotopic (exact) mass is 514 g/mol. The number of rotatable bonds is 8. The van der Waals surface area contributed by atoms with E-state index in [-0.39, 0.29) is 18.1 Å². The second kappa shape index (κ2) is 11.7. The van der Waals surface area contributed by atoms with Crippen LogP contribution in [-0.2, 0) is 4.79 Å². The highest BCUT2D eigenvalue weighted by atomic mass is 35.5. The van der Waals surface area contributed by atoms with E-state index in [1.54, 1.807) is 30.3 Å². The number of ether oxygens (including phenoxy) is 2. The summed E-state index contributed by atoms with van der Waals surface area (Å²) in [6, 6.07) is 23.8. The van der Waals surface area contributed by atoms with E-state index in [1.165, 1.54) is 6.21 Å². The first-order chi connectivity index (χ1) is 17.8. The van der Waals surface area contributed by atoms with Crippen molar-refractivity contribution in [1.82, 2.24) is 5.43 Å². The van der Waals surface area contributed by atoms with E-state index in [9.17, 15) is 9.59 Å². The van der Waals surface area contributed by atoms with Gasteiger partial charge in [-0.2, -0.15) is 5.10 Å². The zero-order chi connectivity index (χ0) is 26.4. The third-order valence-electron chi connectivity index (χ3n) is 5.76. The molecule has 7 heteroatoms. The maximum atomic E-state index is 12.8. The molecule has 0 saturated carbocycles. The molecule has 6 nitrogen and oxygen atoms in total. The molecule has 0 aliphatic carbocycles. The van der Waals surface area contributed by atoms with Crippen LogP contribution in [0.25, 0.3) is 10.8 Å². The van der Waals surface area contributed by atoms with Gasteiger partial charge in [0.2, 0.25) is 0 Å². The van der Waals surface area contributed by atoms with Crippen molar-refractivity contribution in [3.8, 4) is 11.5 Å². The summed E-state index contributed by atoms with van der Waals surface area (Å²) in [5, 5.41) is 6.15. The predicted molar refractivity (Wildman–Crippen MR) is 147 cm³/mol. The van der Waals surface area contributed by atoms with E-state index < -0.39 is 11.9 Å². The van der Waals surface area contributed by atoms with Gasteiger partial charge < -0.3 is 9.47 Å². The highest BCUT2D eigenvalue weighted by molar-refractivity contribution is 6.33. The molecule has 4 rings (SSSR count). The van der Waals surface area contributed by atoms with Gasteiger partial charge >= 0.3 is 5.97 Å². The third kappa shape index (κ3) is 6.35. The Bertz CT molecular complexity index is 1480. The standard InChI is InChI=1S/C30H27ClN2O4/c1-19(2)22-14-12-20(3)16-28(22)36-18-29(34)33-32-17-25-23-9-5-4-8-21(23)13-15-27(25)37-30(35)24-10-6-7-11-26(24)31/h4-17,19H,18H2,1-3H3,(H,33,34)/b32-17+. The quantitative estimate of drug-likeness (QED) is 0.123. The van der Waals surface area contributed by atoms with Crippen LogP contribution in [0.2, 0.25) is 5.02 Å². The van der Waals surface area contributed by atoms with Gasteiger partial charge in [0.15, 0.2) is 6.61 Å². The average Bonchev–Trinajstić information content (AvgIpc) is 2.88. The molecule has 0 saturated heterocycles. The summed E-state index contributed by atoms with van der Waals surface area (Å²) < 4.78 is 11.5. The Morgan fingerprint density at radius 1 is 0.973 bits per heavy atom. The number of hydrogen-bond donors (Lipinski definition) is 1. The molecule has 1 N–H and O–H groups in total. The fraction of sp³-hybridized carbons (Fsp3) is 0.167. The zero-order valence-electron chi connectivity index (χ0n) is 20.8. The molecule has 0 aliphatic rings. The molecule has 4 aromatic rings. The van der Waals surface area contributed by atoms with Gasteiger partial charge in [0.05, 0.1) is 16.8 Å². The van der Waals surface area contributed by atoms with Gasteiger partial charge in [-0.25, -0.2) is 10.2 Å². The fourth-order valence-corrected chi connectivity index (χ4v) is 4.08. The number of carbonyl (C=O) groups is 2. The molecule has 4 aromatic carbocycles. The molecule has 37 heavy (non-hydrogen) atoms. The molecular formula is C30H27ClN2O4. The molecule has 0 fully saturated rings. The van der Waals surface area contributed by atoms with Gasteiger partial charge in [-0.05, 0) is 59.0 Å². The lowest BCUT2D eigenvalue weighted by atomic mass is 10.0. The van der Waals surface area contributed by atoms with Crippen LogP contribution in [0.1, 0.15) is 46.8 Å². The Balaban J connectivity index is 1.51. The van der Waals surface area contributed by atoms with E-state index in [0.717, 1.165) is 21.9 Å². The van der Waals surface area contributed by atoms with Crippen molar-refractivity contribution in [2.24, 2.45) is 5.10 Å². The van der Waals surface area contributed by atoms with Gasteiger partial charge in [0, 0.05) is 5.56 Å². The van der Waals surface area contributed by atoms with Crippen molar-refractivity contribution in [3.05, 3.63) is 106 Å². The largest absolute Gasteiger partial charge is 0.483 e. The van der Waals surface area contributed by atoms with Crippen molar-refractivity contribution >= 4 is 40.5 Å². The lowest BCUT2D eigenvalue weighted by molar-refractivity contribution is -0.123. The first-order valence-corrected chi connectivity index (χ1v) is 12.2. The van der Waals surface area contributed by atoms with Crippen LogP contribution in [0.4, 0.5) is 0 Å². The first-order valence-electron chi connectivity index (χ1n) is 11.9. The van der Waals surface area contributed by atoms with Gasteiger partial charge in [-0.15, -0.1) is 0 Å². The molecule has 0 heterocycles. The lowest BCUT2D eigenvalue weighted by Crippen LogP contribution is -2.25. The normalized spacial score (nSPS) is 11.2. The minimum Gasteiger partial charge on any atom is -0.483 e. The summed E-state index contributed by atoms with van der Waals surface area (Å²) in [7, 11) is 0. The third-order valence-corrected chi connectivity index (χ3v) is 6.09. The van der Waals surface area contributed by atoms with E-state index in [2.05, 4.69) is 24.4 Å². The van der Waals surface area contributed by atoms with Crippen molar-refractivity contribution in [2.45, 2.75) is 26.7 Å². The van der Waals surface area contributed by atoms with Crippen molar-refractivity contribution < 1.29 is 19.1 Å². The number of amides is 1. The van der Waals surface area contributed by atoms with Crippen LogP contribution in [-0.4, -0.2) is 24.7 Å². The van der Waals surface area contributed by atoms with Crippen molar-refractivity contribution in [3.63, 3.8) is 0 Å². The number of benzene rings is 4. The average molecular weight is 515 g/mol. The summed E-state index contributed by atoms with van der Waals surface area (Å²) in [6.45, 7) is 5.93. The Hall–Kier alpha value is -4.16. The van der Waals surface area contributed by atoms with Crippen LogP contribution in [0.3, 0.4) is 0 Å².